The van der Waals surface area contributed by atoms with Gasteiger partial charge in [0.25, 0.3) is 0 Å². The number of anilines is 1. The molecule has 0 bridgehead atoms. The fourth-order valence-electron chi connectivity index (χ4n) is 2.69. The molecule has 0 saturated heterocycles. The first-order chi connectivity index (χ1) is 13.1. The quantitative estimate of drug-likeness (QED) is 0.541. The van der Waals surface area contributed by atoms with Gasteiger partial charge in [0.1, 0.15) is 23.9 Å². The van der Waals surface area contributed by atoms with Gasteiger partial charge in [-0.2, -0.15) is 15.2 Å². The van der Waals surface area contributed by atoms with Crippen molar-refractivity contribution in [2.75, 3.05) is 5.73 Å². The van der Waals surface area contributed by atoms with Crippen LogP contribution in [0, 0.1) is 17.1 Å². The Morgan fingerprint density at radius 1 is 1.15 bits per heavy atom. The molecule has 0 unspecified atom stereocenters. The summed E-state index contributed by atoms with van der Waals surface area (Å²) < 4.78 is 15.0. The van der Waals surface area contributed by atoms with E-state index in [2.05, 4.69) is 36.1 Å². The molecule has 0 radical (unpaired) electrons. The number of fused-ring (bicyclic) bond motifs is 1. The molecule has 27 heavy (non-hydrogen) atoms. The van der Waals surface area contributed by atoms with E-state index in [1.54, 1.807) is 12.3 Å². The maximum absolute atomic E-state index is 14.6. The maximum Gasteiger partial charge on any atom is 0.156 e. The van der Waals surface area contributed by atoms with Crippen molar-refractivity contribution in [1.29, 1.82) is 5.26 Å². The number of benzene rings is 1. The van der Waals surface area contributed by atoms with Gasteiger partial charge < -0.3 is 5.73 Å². The summed E-state index contributed by atoms with van der Waals surface area (Å²) >= 11 is 3.43. The van der Waals surface area contributed by atoms with Crippen molar-refractivity contribution in [3.63, 3.8) is 0 Å². The van der Waals surface area contributed by atoms with Crippen LogP contribution < -0.4 is 5.73 Å². The predicted molar refractivity (Wildman–Crippen MR) is 101 cm³/mol. The highest BCUT2D eigenvalue weighted by Crippen LogP contribution is 2.35. The molecule has 1 aromatic carbocycles. The Bertz CT molecular complexity index is 1200. The van der Waals surface area contributed by atoms with Crippen molar-refractivity contribution in [3.05, 3.63) is 64.1 Å². The van der Waals surface area contributed by atoms with E-state index in [0.29, 0.717) is 22.1 Å². The summed E-state index contributed by atoms with van der Waals surface area (Å²) in [5.74, 6) is -0.537. The van der Waals surface area contributed by atoms with Crippen LogP contribution in [-0.4, -0.2) is 25.0 Å². The minimum atomic E-state index is -0.659. The SMILES string of the molecule is N#Cc1cccc(-c2nc(N)c3nn(Cc4ccccn4)nc3c2Br)c1F. The van der Waals surface area contributed by atoms with E-state index in [4.69, 9.17) is 11.0 Å². The molecule has 0 spiro atoms. The molecule has 0 fully saturated rings. The van der Waals surface area contributed by atoms with E-state index in [-0.39, 0.29) is 22.6 Å². The molecule has 0 aliphatic carbocycles. The highest BCUT2D eigenvalue weighted by molar-refractivity contribution is 9.10. The second-order valence-corrected chi connectivity index (χ2v) is 6.48. The number of pyridine rings is 2. The van der Waals surface area contributed by atoms with Gasteiger partial charge in [-0.05, 0) is 40.2 Å². The van der Waals surface area contributed by atoms with Crippen molar-refractivity contribution in [2.45, 2.75) is 6.54 Å². The van der Waals surface area contributed by atoms with Gasteiger partial charge in [-0.25, -0.2) is 9.37 Å². The van der Waals surface area contributed by atoms with Crippen molar-refractivity contribution < 1.29 is 4.39 Å². The lowest BCUT2D eigenvalue weighted by Crippen LogP contribution is -2.04. The summed E-state index contributed by atoms with van der Waals surface area (Å²) in [5.41, 5.74) is 8.03. The van der Waals surface area contributed by atoms with E-state index in [1.165, 1.54) is 16.9 Å². The molecular formula is C18H11BrFN7. The number of nitrogens with two attached hydrogens (primary N) is 1. The van der Waals surface area contributed by atoms with Crippen molar-refractivity contribution >= 4 is 32.8 Å². The van der Waals surface area contributed by atoms with Crippen LogP contribution in [0.1, 0.15) is 11.3 Å². The van der Waals surface area contributed by atoms with Crippen LogP contribution in [0.4, 0.5) is 10.2 Å². The molecular weight excluding hydrogens is 413 g/mol. The fraction of sp³-hybridized carbons (Fsp3) is 0.0556. The molecule has 0 saturated carbocycles. The first-order valence-electron chi connectivity index (χ1n) is 7.87. The third kappa shape index (κ3) is 3.00. The lowest BCUT2D eigenvalue weighted by molar-refractivity contribution is 0.591. The summed E-state index contributed by atoms with van der Waals surface area (Å²) in [6.07, 6.45) is 1.69. The lowest BCUT2D eigenvalue weighted by Gasteiger charge is -2.07. The number of nitriles is 1. The van der Waals surface area contributed by atoms with Crippen LogP contribution in [0.2, 0.25) is 0 Å². The van der Waals surface area contributed by atoms with Gasteiger partial charge in [-0.15, -0.1) is 5.10 Å². The van der Waals surface area contributed by atoms with Gasteiger partial charge in [-0.3, -0.25) is 4.98 Å². The Morgan fingerprint density at radius 3 is 2.70 bits per heavy atom. The molecule has 132 valence electrons. The average Bonchev–Trinajstić information content (AvgIpc) is 3.11. The summed E-state index contributed by atoms with van der Waals surface area (Å²) in [4.78, 5) is 9.98. The van der Waals surface area contributed by atoms with E-state index in [0.717, 1.165) is 5.69 Å². The van der Waals surface area contributed by atoms with Crippen molar-refractivity contribution in [2.24, 2.45) is 0 Å². The molecule has 2 N–H and O–H groups in total. The summed E-state index contributed by atoms with van der Waals surface area (Å²) in [6.45, 7) is 0.356. The van der Waals surface area contributed by atoms with Crippen molar-refractivity contribution in [3.8, 4) is 17.3 Å². The first-order valence-corrected chi connectivity index (χ1v) is 8.66. The van der Waals surface area contributed by atoms with Crippen LogP contribution in [0.25, 0.3) is 22.3 Å². The van der Waals surface area contributed by atoms with E-state index >= 15 is 0 Å². The molecule has 4 rings (SSSR count). The number of halogens is 2. The van der Waals surface area contributed by atoms with Crippen molar-refractivity contribution in [1.82, 2.24) is 25.0 Å². The largest absolute Gasteiger partial charge is 0.382 e. The fourth-order valence-corrected chi connectivity index (χ4v) is 3.26. The minimum absolute atomic E-state index is 0.0707. The third-order valence-corrected chi connectivity index (χ3v) is 4.70. The molecule has 3 heterocycles. The van der Waals surface area contributed by atoms with E-state index in [9.17, 15) is 4.39 Å². The number of nitrogen functional groups attached to an aromatic ring is 1. The normalized spacial score (nSPS) is 10.9. The van der Waals surface area contributed by atoms with Crippen LogP contribution in [0.5, 0.6) is 0 Å². The standard InChI is InChI=1S/C18H11BrFN7/c19-13-15(12-6-3-4-10(8-21)14(12)20)24-18(22)17-16(13)25-27(26-17)9-11-5-1-2-7-23-11/h1-7H,9H2,(H2,22,24). The smallest absolute Gasteiger partial charge is 0.156 e. The summed E-state index contributed by atoms with van der Waals surface area (Å²) in [6, 6.07) is 11.9. The second kappa shape index (κ2) is 6.74. The Morgan fingerprint density at radius 2 is 1.96 bits per heavy atom. The van der Waals surface area contributed by atoms with Gasteiger partial charge in [0.05, 0.1) is 21.4 Å². The maximum atomic E-state index is 14.6. The predicted octanol–water partition coefficient (Wildman–Crippen LogP) is 3.29. The van der Waals surface area contributed by atoms with Gasteiger partial charge in [0.15, 0.2) is 11.3 Å². The Labute approximate surface area is 161 Å². The number of nitrogens with zero attached hydrogens (tertiary/aromatic N) is 6. The number of hydrogen-bond donors (Lipinski definition) is 1. The van der Waals surface area contributed by atoms with Gasteiger partial charge in [0.2, 0.25) is 0 Å². The number of rotatable bonds is 3. The van der Waals surface area contributed by atoms with Gasteiger partial charge >= 0.3 is 0 Å². The summed E-state index contributed by atoms with van der Waals surface area (Å²) in [7, 11) is 0. The third-order valence-electron chi connectivity index (χ3n) is 3.95. The van der Waals surface area contributed by atoms with Crippen LogP contribution in [-0.2, 0) is 6.54 Å². The summed E-state index contributed by atoms with van der Waals surface area (Å²) in [5, 5.41) is 17.8. The average molecular weight is 424 g/mol. The molecule has 3 aromatic heterocycles. The Kier molecular flexibility index (Phi) is 4.25. The molecule has 0 amide bonds. The zero-order valence-electron chi connectivity index (χ0n) is 13.8. The minimum Gasteiger partial charge on any atom is -0.382 e. The Balaban J connectivity index is 1.86. The van der Waals surface area contributed by atoms with Crippen LogP contribution in [0.15, 0.2) is 47.1 Å². The molecule has 4 aromatic rings. The monoisotopic (exact) mass is 423 g/mol. The molecule has 0 aliphatic rings. The van der Waals surface area contributed by atoms with Crippen LogP contribution >= 0.6 is 15.9 Å². The number of aromatic nitrogens is 5. The second-order valence-electron chi connectivity index (χ2n) is 5.69. The lowest BCUT2D eigenvalue weighted by atomic mass is 10.1. The number of hydrogen-bond acceptors (Lipinski definition) is 6. The zero-order chi connectivity index (χ0) is 19.0. The molecule has 9 heteroatoms. The highest BCUT2D eigenvalue weighted by atomic mass is 79.9. The first kappa shape index (κ1) is 17.1. The van der Waals surface area contributed by atoms with E-state index in [1.807, 2.05) is 24.3 Å². The molecule has 0 aliphatic heterocycles. The van der Waals surface area contributed by atoms with Gasteiger partial charge in [0, 0.05) is 11.8 Å². The molecule has 7 nitrogen and oxygen atoms in total. The van der Waals surface area contributed by atoms with E-state index < -0.39 is 5.82 Å². The topological polar surface area (TPSA) is 106 Å². The van der Waals surface area contributed by atoms with Gasteiger partial charge in [-0.1, -0.05) is 12.1 Å². The molecule has 0 atom stereocenters. The zero-order valence-corrected chi connectivity index (χ0v) is 15.4. The highest BCUT2D eigenvalue weighted by Gasteiger charge is 2.20. The van der Waals surface area contributed by atoms with Crippen LogP contribution in [0.3, 0.4) is 0 Å². The Hall–Kier alpha value is -3.38.